The van der Waals surface area contributed by atoms with Crippen LogP contribution in [-0.4, -0.2) is 30.8 Å². The Hall–Kier alpha value is -1.33. The van der Waals surface area contributed by atoms with Gasteiger partial charge in [-0.1, -0.05) is 0 Å². The second-order valence-corrected chi connectivity index (χ2v) is 4.27. The van der Waals surface area contributed by atoms with Crippen molar-refractivity contribution in [2.75, 3.05) is 19.8 Å². The molecule has 1 aromatic heterocycles. The van der Waals surface area contributed by atoms with Gasteiger partial charge >= 0.3 is 5.97 Å². The maximum atomic E-state index is 10.6. The first-order valence-corrected chi connectivity index (χ1v) is 5.86. The Bertz CT molecular complexity index is 368. The van der Waals surface area contributed by atoms with Gasteiger partial charge in [-0.3, -0.25) is 0 Å². The van der Waals surface area contributed by atoms with Crippen LogP contribution in [0.3, 0.4) is 0 Å². The van der Waals surface area contributed by atoms with Crippen LogP contribution in [0.4, 0.5) is 0 Å². The van der Waals surface area contributed by atoms with Crippen molar-refractivity contribution in [3.8, 4) is 0 Å². The molecule has 1 fully saturated rings. The summed E-state index contributed by atoms with van der Waals surface area (Å²) in [6.07, 6.45) is 2.23. The summed E-state index contributed by atoms with van der Waals surface area (Å²) in [5, 5.41) is 11.9. The molecule has 0 amide bonds. The number of aromatic carboxylic acids is 1. The van der Waals surface area contributed by atoms with Crippen LogP contribution in [0.2, 0.25) is 0 Å². The quantitative estimate of drug-likeness (QED) is 0.736. The molecule has 2 heterocycles. The minimum Gasteiger partial charge on any atom is -0.475 e. The maximum absolute atomic E-state index is 10.6. The molecule has 5 nitrogen and oxygen atoms in total. The number of ether oxygens (including phenoxy) is 1. The Labute approximate surface area is 99.8 Å². The van der Waals surface area contributed by atoms with Crippen molar-refractivity contribution in [3.05, 3.63) is 23.7 Å². The monoisotopic (exact) mass is 239 g/mol. The molecule has 2 rings (SSSR count). The fourth-order valence-electron chi connectivity index (χ4n) is 1.92. The van der Waals surface area contributed by atoms with Crippen LogP contribution in [0.1, 0.15) is 29.2 Å². The average molecular weight is 239 g/mol. The van der Waals surface area contributed by atoms with Crippen molar-refractivity contribution in [1.82, 2.24) is 5.32 Å². The third-order valence-corrected chi connectivity index (χ3v) is 2.93. The zero-order chi connectivity index (χ0) is 12.1. The molecule has 0 spiro atoms. The van der Waals surface area contributed by atoms with Gasteiger partial charge in [0.25, 0.3) is 0 Å². The van der Waals surface area contributed by atoms with Crippen molar-refractivity contribution in [3.63, 3.8) is 0 Å². The van der Waals surface area contributed by atoms with Gasteiger partial charge in [0.2, 0.25) is 5.76 Å². The van der Waals surface area contributed by atoms with Crippen molar-refractivity contribution >= 4 is 5.97 Å². The molecule has 0 aliphatic carbocycles. The van der Waals surface area contributed by atoms with E-state index in [-0.39, 0.29) is 5.76 Å². The van der Waals surface area contributed by atoms with Crippen LogP contribution in [0, 0.1) is 5.92 Å². The van der Waals surface area contributed by atoms with Gasteiger partial charge in [0.15, 0.2) is 0 Å². The number of rotatable bonds is 6. The first kappa shape index (κ1) is 12.1. The van der Waals surface area contributed by atoms with E-state index in [0.29, 0.717) is 18.2 Å². The largest absolute Gasteiger partial charge is 0.475 e. The molecular formula is C12H17NO4. The van der Waals surface area contributed by atoms with Gasteiger partial charge in [-0.15, -0.1) is 0 Å². The summed E-state index contributed by atoms with van der Waals surface area (Å²) in [6, 6.07) is 3.17. The lowest BCUT2D eigenvalue weighted by atomic mass is 10.1. The predicted molar refractivity (Wildman–Crippen MR) is 60.9 cm³/mol. The first-order valence-electron chi connectivity index (χ1n) is 5.86. The molecule has 0 radical (unpaired) electrons. The average Bonchev–Trinajstić information content (AvgIpc) is 2.96. The lowest BCUT2D eigenvalue weighted by molar-refractivity contribution is 0.0660. The summed E-state index contributed by atoms with van der Waals surface area (Å²) in [5.41, 5.74) is 0. The number of hydrogen-bond donors (Lipinski definition) is 2. The van der Waals surface area contributed by atoms with Crippen molar-refractivity contribution in [2.24, 2.45) is 5.92 Å². The molecule has 0 saturated carbocycles. The van der Waals surface area contributed by atoms with Crippen LogP contribution in [0.25, 0.3) is 0 Å². The molecule has 1 aromatic rings. The van der Waals surface area contributed by atoms with Crippen molar-refractivity contribution < 1.29 is 19.1 Å². The van der Waals surface area contributed by atoms with E-state index in [1.807, 2.05) is 0 Å². The molecule has 5 heteroatoms. The van der Waals surface area contributed by atoms with E-state index >= 15 is 0 Å². The summed E-state index contributed by atoms with van der Waals surface area (Å²) >= 11 is 0. The van der Waals surface area contributed by atoms with E-state index in [2.05, 4.69) is 5.32 Å². The fraction of sp³-hybridized carbons (Fsp3) is 0.583. The van der Waals surface area contributed by atoms with E-state index < -0.39 is 5.97 Å². The van der Waals surface area contributed by atoms with Gasteiger partial charge in [0.1, 0.15) is 5.76 Å². The maximum Gasteiger partial charge on any atom is 0.371 e. The fourth-order valence-corrected chi connectivity index (χ4v) is 1.92. The molecule has 94 valence electrons. The van der Waals surface area contributed by atoms with Crippen LogP contribution < -0.4 is 5.32 Å². The zero-order valence-corrected chi connectivity index (χ0v) is 9.65. The molecule has 1 aliphatic heterocycles. The van der Waals surface area contributed by atoms with Gasteiger partial charge < -0.3 is 19.6 Å². The molecule has 17 heavy (non-hydrogen) atoms. The standard InChI is InChI=1S/C12H17NO4/c14-12(15)11-2-1-10(17-11)7-13-5-3-9-4-6-16-8-9/h1-2,9,13H,3-8H2,(H,14,15). The van der Waals surface area contributed by atoms with Crippen LogP contribution >= 0.6 is 0 Å². The third kappa shape index (κ3) is 3.57. The SMILES string of the molecule is O=C(O)c1ccc(CNCCC2CCOC2)o1. The Kier molecular flexibility index (Phi) is 4.17. The highest BCUT2D eigenvalue weighted by atomic mass is 16.5. The minimum absolute atomic E-state index is 0.00834. The van der Waals surface area contributed by atoms with Gasteiger partial charge in [-0.2, -0.15) is 0 Å². The number of carboxylic acids is 1. The topological polar surface area (TPSA) is 71.7 Å². The number of carboxylic acid groups (broad SMARTS) is 1. The molecule has 0 aromatic carbocycles. The Balaban J connectivity index is 1.65. The molecule has 1 atom stereocenters. The molecular weight excluding hydrogens is 222 g/mol. The molecule has 1 saturated heterocycles. The first-order chi connectivity index (χ1) is 8.25. The summed E-state index contributed by atoms with van der Waals surface area (Å²) in [5.74, 6) is 0.282. The van der Waals surface area contributed by atoms with E-state index in [0.717, 1.165) is 32.6 Å². The Morgan fingerprint density at radius 3 is 3.06 bits per heavy atom. The Morgan fingerprint density at radius 1 is 1.53 bits per heavy atom. The number of hydrogen-bond acceptors (Lipinski definition) is 4. The second-order valence-electron chi connectivity index (χ2n) is 4.27. The van der Waals surface area contributed by atoms with Crippen molar-refractivity contribution in [1.29, 1.82) is 0 Å². The molecule has 2 N–H and O–H groups in total. The highest BCUT2D eigenvalue weighted by molar-refractivity contribution is 5.84. The number of carbonyl (C=O) groups is 1. The normalized spacial score (nSPS) is 19.6. The van der Waals surface area contributed by atoms with Gasteiger partial charge in [0, 0.05) is 13.2 Å². The summed E-state index contributed by atoms with van der Waals surface area (Å²) in [4.78, 5) is 10.6. The van der Waals surface area contributed by atoms with Crippen LogP contribution in [0.15, 0.2) is 16.5 Å². The molecule has 1 unspecified atom stereocenters. The van der Waals surface area contributed by atoms with E-state index in [1.165, 1.54) is 6.07 Å². The van der Waals surface area contributed by atoms with Gasteiger partial charge in [0.05, 0.1) is 6.54 Å². The lowest BCUT2D eigenvalue weighted by Gasteiger charge is -2.07. The lowest BCUT2D eigenvalue weighted by Crippen LogP contribution is -2.17. The smallest absolute Gasteiger partial charge is 0.371 e. The van der Waals surface area contributed by atoms with E-state index in [4.69, 9.17) is 14.3 Å². The highest BCUT2D eigenvalue weighted by Crippen LogP contribution is 2.15. The third-order valence-electron chi connectivity index (χ3n) is 2.93. The summed E-state index contributed by atoms with van der Waals surface area (Å²) < 4.78 is 10.4. The number of nitrogens with one attached hydrogen (secondary N) is 1. The van der Waals surface area contributed by atoms with E-state index in [1.54, 1.807) is 6.07 Å². The van der Waals surface area contributed by atoms with Crippen molar-refractivity contribution in [2.45, 2.75) is 19.4 Å². The molecule has 1 aliphatic rings. The number of furan rings is 1. The second kappa shape index (κ2) is 5.84. The van der Waals surface area contributed by atoms with Gasteiger partial charge in [-0.25, -0.2) is 4.79 Å². The minimum atomic E-state index is -1.03. The van der Waals surface area contributed by atoms with Crippen LogP contribution in [-0.2, 0) is 11.3 Å². The Morgan fingerprint density at radius 2 is 2.41 bits per heavy atom. The van der Waals surface area contributed by atoms with Gasteiger partial charge in [-0.05, 0) is 37.4 Å². The highest BCUT2D eigenvalue weighted by Gasteiger charge is 2.14. The van der Waals surface area contributed by atoms with Crippen LogP contribution in [0.5, 0.6) is 0 Å². The van der Waals surface area contributed by atoms with E-state index in [9.17, 15) is 4.79 Å². The summed E-state index contributed by atoms with van der Waals surface area (Å²) in [7, 11) is 0. The predicted octanol–water partition coefficient (Wildman–Crippen LogP) is 1.49. The summed E-state index contributed by atoms with van der Waals surface area (Å²) in [6.45, 7) is 3.22. The molecule has 0 bridgehead atoms. The zero-order valence-electron chi connectivity index (χ0n) is 9.65.